The fraction of sp³-hybridized carbons (Fsp3) is 0.263. The van der Waals surface area contributed by atoms with E-state index >= 15 is 0 Å². The highest BCUT2D eigenvalue weighted by Crippen LogP contribution is 2.15. The molecule has 2 heterocycles. The largest absolute Gasteiger partial charge is 0.463 e. The van der Waals surface area contributed by atoms with Crippen molar-refractivity contribution >= 4 is 29.3 Å². The number of ether oxygens (including phenoxy) is 1. The van der Waals surface area contributed by atoms with Crippen LogP contribution in [0.4, 0.5) is 11.5 Å². The van der Waals surface area contributed by atoms with Crippen LogP contribution in [0.1, 0.15) is 29.3 Å². The molecule has 1 aromatic carbocycles. The zero-order valence-corrected chi connectivity index (χ0v) is 14.9. The number of hydrogen-bond donors (Lipinski definition) is 3. The first-order chi connectivity index (χ1) is 13.0. The third-order valence-corrected chi connectivity index (χ3v) is 4.04. The van der Waals surface area contributed by atoms with E-state index in [4.69, 9.17) is 10.5 Å². The van der Waals surface area contributed by atoms with E-state index in [2.05, 4.69) is 20.6 Å². The van der Waals surface area contributed by atoms with Gasteiger partial charge in [-0.15, -0.1) is 0 Å². The Morgan fingerprint density at radius 1 is 1.19 bits per heavy atom. The number of carbonyl (C=O) groups excluding carboxylic acids is 2. The number of carbonyl (C=O) groups is 2. The minimum Gasteiger partial charge on any atom is -0.463 e. The SMILES string of the molecule is CC(=O)Nc1ccc(C(=O)Nc2ccc(CC[C@H]3COC(N)=N3)cc2)cn1. The third-order valence-electron chi connectivity index (χ3n) is 4.04. The summed E-state index contributed by atoms with van der Waals surface area (Å²) >= 11 is 0. The molecule has 1 aliphatic heterocycles. The summed E-state index contributed by atoms with van der Waals surface area (Å²) in [4.78, 5) is 31.5. The molecule has 3 rings (SSSR count). The van der Waals surface area contributed by atoms with Crippen molar-refractivity contribution in [1.82, 2.24) is 4.98 Å². The summed E-state index contributed by atoms with van der Waals surface area (Å²) in [7, 11) is 0. The summed E-state index contributed by atoms with van der Waals surface area (Å²) in [5, 5.41) is 5.38. The first-order valence-electron chi connectivity index (χ1n) is 8.59. The molecule has 2 amide bonds. The summed E-state index contributed by atoms with van der Waals surface area (Å²) in [5.41, 5.74) is 7.75. The molecule has 8 nitrogen and oxygen atoms in total. The maximum atomic E-state index is 12.3. The van der Waals surface area contributed by atoms with Gasteiger partial charge in [-0.1, -0.05) is 12.1 Å². The number of nitrogens with one attached hydrogen (secondary N) is 2. The molecule has 1 aromatic heterocycles. The lowest BCUT2D eigenvalue weighted by atomic mass is 10.1. The number of nitrogens with zero attached hydrogens (tertiary/aromatic N) is 2. The van der Waals surface area contributed by atoms with E-state index in [1.54, 1.807) is 12.1 Å². The van der Waals surface area contributed by atoms with Gasteiger partial charge in [0.15, 0.2) is 0 Å². The lowest BCUT2D eigenvalue weighted by Gasteiger charge is -2.08. The molecule has 0 unspecified atom stereocenters. The molecule has 0 saturated heterocycles. The Morgan fingerprint density at radius 2 is 1.96 bits per heavy atom. The number of anilines is 2. The van der Waals surface area contributed by atoms with E-state index in [0.29, 0.717) is 23.7 Å². The topological polar surface area (TPSA) is 119 Å². The molecule has 27 heavy (non-hydrogen) atoms. The molecule has 8 heteroatoms. The molecule has 1 aliphatic rings. The average Bonchev–Trinajstić information content (AvgIpc) is 3.06. The Morgan fingerprint density at radius 3 is 2.56 bits per heavy atom. The van der Waals surface area contributed by atoms with Gasteiger partial charge in [0.05, 0.1) is 11.6 Å². The van der Waals surface area contributed by atoms with Crippen molar-refractivity contribution in [1.29, 1.82) is 0 Å². The van der Waals surface area contributed by atoms with Crippen molar-refractivity contribution in [2.24, 2.45) is 10.7 Å². The maximum Gasteiger partial charge on any atom is 0.282 e. The number of pyridine rings is 1. The first kappa shape index (κ1) is 18.4. The molecule has 0 aliphatic carbocycles. The highest BCUT2D eigenvalue weighted by atomic mass is 16.5. The number of amidine groups is 1. The van der Waals surface area contributed by atoms with E-state index in [9.17, 15) is 9.59 Å². The molecule has 4 N–H and O–H groups in total. The fourth-order valence-electron chi connectivity index (χ4n) is 2.66. The third kappa shape index (κ3) is 5.27. The second-order valence-electron chi connectivity index (χ2n) is 6.24. The number of amides is 2. The molecule has 2 aromatic rings. The molecule has 0 saturated carbocycles. The van der Waals surface area contributed by atoms with Crippen LogP contribution >= 0.6 is 0 Å². The monoisotopic (exact) mass is 367 g/mol. The highest BCUT2D eigenvalue weighted by Gasteiger charge is 2.16. The zero-order chi connectivity index (χ0) is 19.2. The van der Waals surface area contributed by atoms with Gasteiger partial charge in [0.2, 0.25) is 5.91 Å². The Hall–Kier alpha value is -3.42. The van der Waals surface area contributed by atoms with Gasteiger partial charge in [-0.2, -0.15) is 0 Å². The second kappa shape index (κ2) is 8.31. The highest BCUT2D eigenvalue weighted by molar-refractivity contribution is 6.04. The van der Waals surface area contributed by atoms with E-state index in [1.807, 2.05) is 24.3 Å². The van der Waals surface area contributed by atoms with E-state index < -0.39 is 0 Å². The fourth-order valence-corrected chi connectivity index (χ4v) is 2.66. The first-order valence-corrected chi connectivity index (χ1v) is 8.59. The summed E-state index contributed by atoms with van der Waals surface area (Å²) < 4.78 is 5.14. The van der Waals surface area contributed by atoms with Gasteiger partial charge in [-0.3, -0.25) is 9.59 Å². The Kier molecular flexibility index (Phi) is 5.65. The van der Waals surface area contributed by atoms with Gasteiger partial charge in [-0.05, 0) is 42.7 Å². The number of aromatic nitrogens is 1. The van der Waals surface area contributed by atoms with E-state index in [-0.39, 0.29) is 23.9 Å². The molecule has 0 fully saturated rings. The van der Waals surface area contributed by atoms with Crippen LogP contribution in [0.2, 0.25) is 0 Å². The average molecular weight is 367 g/mol. The predicted octanol–water partition coefficient (Wildman–Crippen LogP) is 1.94. The Bertz CT molecular complexity index is 847. The van der Waals surface area contributed by atoms with Gasteiger partial charge in [0.1, 0.15) is 12.4 Å². The molecular formula is C19H21N5O3. The summed E-state index contributed by atoms with van der Waals surface area (Å²) in [6, 6.07) is 11.2. The lowest BCUT2D eigenvalue weighted by molar-refractivity contribution is -0.114. The van der Waals surface area contributed by atoms with Crippen LogP contribution in [0, 0.1) is 0 Å². The minimum atomic E-state index is -0.266. The van der Waals surface area contributed by atoms with Crippen LogP contribution in [-0.4, -0.2) is 35.5 Å². The van der Waals surface area contributed by atoms with Crippen LogP contribution in [0.5, 0.6) is 0 Å². The van der Waals surface area contributed by atoms with E-state index in [1.165, 1.54) is 13.1 Å². The standard InChI is InChI=1S/C19H21N5O3/c1-12(25)22-17-9-5-14(10-21-17)18(26)23-15-6-2-13(3-7-15)4-8-16-11-27-19(20)24-16/h2-3,5-7,9-10,16H,4,8,11H2,1H3,(H2,20,24)(H,23,26)(H,21,22,25)/t16-/m0/s1. The van der Waals surface area contributed by atoms with Crippen molar-refractivity contribution in [2.45, 2.75) is 25.8 Å². The van der Waals surface area contributed by atoms with Crippen LogP contribution in [0.3, 0.4) is 0 Å². The smallest absolute Gasteiger partial charge is 0.282 e. The Labute approximate surface area is 156 Å². The van der Waals surface area contributed by atoms with Crippen LogP contribution in [-0.2, 0) is 16.0 Å². The van der Waals surface area contributed by atoms with Crippen molar-refractivity contribution in [3.05, 3.63) is 53.7 Å². The minimum absolute atomic E-state index is 0.109. The number of rotatable bonds is 6. The number of benzene rings is 1. The lowest BCUT2D eigenvalue weighted by Crippen LogP contribution is -2.13. The number of aryl methyl sites for hydroxylation is 1. The van der Waals surface area contributed by atoms with Crippen molar-refractivity contribution in [2.75, 3.05) is 17.2 Å². The van der Waals surface area contributed by atoms with Crippen LogP contribution in [0.25, 0.3) is 0 Å². The van der Waals surface area contributed by atoms with Gasteiger partial charge in [-0.25, -0.2) is 9.98 Å². The number of nitrogens with two attached hydrogens (primary N) is 1. The van der Waals surface area contributed by atoms with Crippen molar-refractivity contribution in [3.63, 3.8) is 0 Å². The number of aliphatic imine (C=N–C) groups is 1. The van der Waals surface area contributed by atoms with Crippen molar-refractivity contribution in [3.8, 4) is 0 Å². The number of hydrogen-bond acceptors (Lipinski definition) is 6. The molecule has 0 radical (unpaired) electrons. The van der Waals surface area contributed by atoms with Crippen LogP contribution in [0.15, 0.2) is 47.6 Å². The summed E-state index contributed by atoms with van der Waals surface area (Å²) in [5.74, 6) is -0.0739. The molecule has 0 bridgehead atoms. The van der Waals surface area contributed by atoms with Crippen molar-refractivity contribution < 1.29 is 14.3 Å². The molecule has 140 valence electrons. The van der Waals surface area contributed by atoms with Gasteiger partial charge in [0, 0.05) is 18.8 Å². The normalized spacial score (nSPS) is 15.6. The molecular weight excluding hydrogens is 346 g/mol. The zero-order valence-electron chi connectivity index (χ0n) is 14.9. The quantitative estimate of drug-likeness (QED) is 0.721. The van der Waals surface area contributed by atoms with Gasteiger partial charge in [0.25, 0.3) is 11.9 Å². The summed E-state index contributed by atoms with van der Waals surface area (Å²) in [6.45, 7) is 1.94. The van der Waals surface area contributed by atoms with Gasteiger partial charge >= 0.3 is 0 Å². The Balaban J connectivity index is 1.52. The predicted molar refractivity (Wildman–Crippen MR) is 103 cm³/mol. The maximum absolute atomic E-state index is 12.3. The van der Waals surface area contributed by atoms with Crippen LogP contribution < -0.4 is 16.4 Å². The van der Waals surface area contributed by atoms with E-state index in [0.717, 1.165) is 18.4 Å². The summed E-state index contributed by atoms with van der Waals surface area (Å²) in [6.07, 6.45) is 3.14. The second-order valence-corrected chi connectivity index (χ2v) is 6.24. The van der Waals surface area contributed by atoms with Gasteiger partial charge < -0.3 is 21.1 Å². The molecule has 0 spiro atoms. The molecule has 1 atom stereocenters.